The molecule has 1 saturated carbocycles. The summed E-state index contributed by atoms with van der Waals surface area (Å²) >= 11 is 0. The molecule has 0 aromatic heterocycles. The molecule has 2 fully saturated rings. The highest BCUT2D eigenvalue weighted by atomic mass is 35.5. The minimum absolute atomic E-state index is 0. The number of hydrogen-bond donors (Lipinski definition) is 1. The molecule has 112 valence electrons. The van der Waals surface area contributed by atoms with E-state index in [1.807, 2.05) is 11.9 Å². The first-order chi connectivity index (χ1) is 8.68. The second kappa shape index (κ2) is 8.11. The smallest absolute Gasteiger partial charge is 0.225 e. The van der Waals surface area contributed by atoms with Crippen LogP contribution in [0.25, 0.3) is 0 Å². The molecule has 0 aromatic carbocycles. The second-order valence-corrected chi connectivity index (χ2v) is 6.22. The first-order valence-electron chi connectivity index (χ1n) is 7.66. The van der Waals surface area contributed by atoms with E-state index in [1.54, 1.807) is 0 Å². The van der Waals surface area contributed by atoms with Crippen LogP contribution in [0.4, 0.5) is 0 Å². The highest BCUT2D eigenvalue weighted by Gasteiger charge is 2.27. The minimum atomic E-state index is 0. The summed E-state index contributed by atoms with van der Waals surface area (Å²) in [6.45, 7) is 4.23. The summed E-state index contributed by atoms with van der Waals surface area (Å²) < 4.78 is 0. The lowest BCUT2D eigenvalue weighted by Crippen LogP contribution is -2.45. The van der Waals surface area contributed by atoms with Gasteiger partial charge in [-0.1, -0.05) is 32.6 Å². The summed E-state index contributed by atoms with van der Waals surface area (Å²) in [7, 11) is 2.00. The Morgan fingerprint density at radius 2 is 1.79 bits per heavy atom. The highest BCUT2D eigenvalue weighted by molar-refractivity contribution is 5.85. The highest BCUT2D eigenvalue weighted by Crippen LogP contribution is 2.31. The third-order valence-electron chi connectivity index (χ3n) is 4.79. The van der Waals surface area contributed by atoms with E-state index in [1.165, 1.54) is 25.7 Å². The van der Waals surface area contributed by atoms with Gasteiger partial charge in [0.15, 0.2) is 0 Å². The Labute approximate surface area is 123 Å². The number of nitrogens with one attached hydrogen (secondary N) is 1. The van der Waals surface area contributed by atoms with E-state index in [-0.39, 0.29) is 18.3 Å². The van der Waals surface area contributed by atoms with Crippen molar-refractivity contribution in [3.8, 4) is 0 Å². The lowest BCUT2D eigenvalue weighted by Gasteiger charge is -2.33. The van der Waals surface area contributed by atoms with Gasteiger partial charge in [0, 0.05) is 19.0 Å². The molecule has 1 amide bonds. The number of piperidine rings is 1. The van der Waals surface area contributed by atoms with Gasteiger partial charge >= 0.3 is 0 Å². The van der Waals surface area contributed by atoms with Crippen molar-refractivity contribution in [1.29, 1.82) is 0 Å². The first-order valence-corrected chi connectivity index (χ1v) is 7.66. The average molecular weight is 289 g/mol. The van der Waals surface area contributed by atoms with Gasteiger partial charge in [0.2, 0.25) is 5.91 Å². The van der Waals surface area contributed by atoms with E-state index in [4.69, 9.17) is 0 Å². The Kier molecular flexibility index (Phi) is 7.16. The molecule has 3 nitrogen and oxygen atoms in total. The van der Waals surface area contributed by atoms with Crippen LogP contribution in [0.15, 0.2) is 0 Å². The number of nitrogens with zero attached hydrogens (tertiary/aromatic N) is 1. The van der Waals surface area contributed by atoms with Gasteiger partial charge in [0.05, 0.1) is 0 Å². The Morgan fingerprint density at radius 1 is 1.21 bits per heavy atom. The fraction of sp³-hybridized carbons (Fsp3) is 0.933. The maximum absolute atomic E-state index is 12.4. The summed E-state index contributed by atoms with van der Waals surface area (Å²) in [6.07, 6.45) is 8.75. The van der Waals surface area contributed by atoms with E-state index in [0.29, 0.717) is 11.9 Å². The molecular formula is C15H29ClN2O. The van der Waals surface area contributed by atoms with Crippen molar-refractivity contribution in [2.24, 2.45) is 11.8 Å². The van der Waals surface area contributed by atoms with Crippen LogP contribution < -0.4 is 5.32 Å². The molecule has 1 aliphatic carbocycles. The van der Waals surface area contributed by atoms with E-state index < -0.39 is 0 Å². The fourth-order valence-electron chi connectivity index (χ4n) is 3.57. The zero-order valence-electron chi connectivity index (χ0n) is 12.4. The molecule has 0 bridgehead atoms. The second-order valence-electron chi connectivity index (χ2n) is 6.22. The molecule has 0 aromatic rings. The van der Waals surface area contributed by atoms with Crippen molar-refractivity contribution in [2.75, 3.05) is 20.1 Å². The molecule has 1 atom stereocenters. The van der Waals surface area contributed by atoms with Crippen molar-refractivity contribution in [1.82, 2.24) is 10.2 Å². The lowest BCUT2D eigenvalue weighted by atomic mass is 9.93. The molecule has 2 aliphatic rings. The van der Waals surface area contributed by atoms with E-state index in [0.717, 1.165) is 38.3 Å². The molecule has 0 spiro atoms. The van der Waals surface area contributed by atoms with Gasteiger partial charge < -0.3 is 10.2 Å². The molecular weight excluding hydrogens is 260 g/mol. The predicted molar refractivity (Wildman–Crippen MR) is 81.6 cm³/mol. The molecule has 4 heteroatoms. The maximum Gasteiger partial charge on any atom is 0.225 e. The Bertz CT molecular complexity index is 273. The normalized spacial score (nSPS) is 22.8. The SMILES string of the molecule is CC(CC1CCCC1)C(=O)N(C)C1CCNCC1.Cl. The minimum Gasteiger partial charge on any atom is -0.342 e. The number of carbonyl (C=O) groups is 1. The third kappa shape index (κ3) is 4.64. The Hall–Kier alpha value is -0.280. The molecule has 1 aliphatic heterocycles. The van der Waals surface area contributed by atoms with Gasteiger partial charge in [0.1, 0.15) is 0 Å². The summed E-state index contributed by atoms with van der Waals surface area (Å²) in [5.41, 5.74) is 0. The number of hydrogen-bond acceptors (Lipinski definition) is 2. The van der Waals surface area contributed by atoms with Crippen molar-refractivity contribution < 1.29 is 4.79 Å². The standard InChI is InChI=1S/C15H28N2O.ClH/c1-12(11-13-5-3-4-6-13)15(18)17(2)14-7-9-16-10-8-14;/h12-14,16H,3-11H2,1-2H3;1H. The van der Waals surface area contributed by atoms with Crippen LogP contribution >= 0.6 is 12.4 Å². The van der Waals surface area contributed by atoms with E-state index >= 15 is 0 Å². The largest absolute Gasteiger partial charge is 0.342 e. The van der Waals surface area contributed by atoms with Crippen LogP contribution in [0.5, 0.6) is 0 Å². The van der Waals surface area contributed by atoms with Gasteiger partial charge in [-0.15, -0.1) is 12.4 Å². The van der Waals surface area contributed by atoms with Crippen LogP contribution in [0.3, 0.4) is 0 Å². The number of carbonyl (C=O) groups excluding carboxylic acids is 1. The molecule has 1 saturated heterocycles. The predicted octanol–water partition coefficient (Wildman–Crippen LogP) is 2.84. The topological polar surface area (TPSA) is 32.3 Å². The van der Waals surface area contributed by atoms with E-state index in [2.05, 4.69) is 12.2 Å². The van der Waals surface area contributed by atoms with Gasteiger partial charge in [-0.3, -0.25) is 4.79 Å². The zero-order valence-corrected chi connectivity index (χ0v) is 13.2. The number of halogens is 1. The third-order valence-corrected chi connectivity index (χ3v) is 4.79. The van der Waals surface area contributed by atoms with Crippen LogP contribution in [0.1, 0.15) is 51.9 Å². The summed E-state index contributed by atoms with van der Waals surface area (Å²) in [4.78, 5) is 14.5. The monoisotopic (exact) mass is 288 g/mol. The van der Waals surface area contributed by atoms with Crippen molar-refractivity contribution in [3.63, 3.8) is 0 Å². The quantitative estimate of drug-likeness (QED) is 0.863. The Balaban J connectivity index is 0.00000180. The number of amides is 1. The summed E-state index contributed by atoms with van der Waals surface area (Å²) in [5, 5.41) is 3.36. The van der Waals surface area contributed by atoms with Crippen LogP contribution in [0, 0.1) is 11.8 Å². The maximum atomic E-state index is 12.4. The van der Waals surface area contributed by atoms with E-state index in [9.17, 15) is 4.79 Å². The van der Waals surface area contributed by atoms with Crippen LogP contribution in [0.2, 0.25) is 0 Å². The summed E-state index contributed by atoms with van der Waals surface area (Å²) in [6, 6.07) is 0.463. The van der Waals surface area contributed by atoms with Crippen LogP contribution in [-0.4, -0.2) is 37.0 Å². The summed E-state index contributed by atoms with van der Waals surface area (Å²) in [5.74, 6) is 1.40. The molecule has 0 radical (unpaired) electrons. The lowest BCUT2D eigenvalue weighted by molar-refractivity contribution is -0.136. The molecule has 1 N–H and O–H groups in total. The fourth-order valence-corrected chi connectivity index (χ4v) is 3.57. The van der Waals surface area contributed by atoms with Gasteiger partial charge in [-0.2, -0.15) is 0 Å². The molecule has 1 unspecified atom stereocenters. The first kappa shape index (κ1) is 16.8. The average Bonchev–Trinajstić information content (AvgIpc) is 2.91. The van der Waals surface area contributed by atoms with Gasteiger partial charge in [-0.25, -0.2) is 0 Å². The molecule has 2 rings (SSSR count). The van der Waals surface area contributed by atoms with Gasteiger partial charge in [-0.05, 0) is 38.3 Å². The Morgan fingerprint density at radius 3 is 2.37 bits per heavy atom. The van der Waals surface area contributed by atoms with Crippen molar-refractivity contribution in [3.05, 3.63) is 0 Å². The van der Waals surface area contributed by atoms with Crippen LogP contribution in [-0.2, 0) is 4.79 Å². The van der Waals surface area contributed by atoms with Crippen molar-refractivity contribution >= 4 is 18.3 Å². The molecule has 19 heavy (non-hydrogen) atoms. The zero-order chi connectivity index (χ0) is 13.0. The number of rotatable bonds is 4. The molecule has 1 heterocycles. The van der Waals surface area contributed by atoms with Crippen molar-refractivity contribution in [2.45, 2.75) is 57.9 Å². The van der Waals surface area contributed by atoms with Gasteiger partial charge in [0.25, 0.3) is 0 Å².